The first-order valence-electron chi connectivity index (χ1n) is 13.8. The highest BCUT2D eigenvalue weighted by Gasteiger charge is 2.29. The van der Waals surface area contributed by atoms with E-state index in [2.05, 4.69) is 24.5 Å². The lowest BCUT2D eigenvalue weighted by molar-refractivity contribution is -0.116. The van der Waals surface area contributed by atoms with Crippen molar-refractivity contribution in [2.45, 2.75) is 78.1 Å². The number of anilines is 2. The van der Waals surface area contributed by atoms with Crippen LogP contribution in [0, 0.1) is 11.8 Å². The van der Waals surface area contributed by atoms with Crippen LogP contribution in [-0.4, -0.2) is 35.1 Å². The zero-order chi connectivity index (χ0) is 28.1. The van der Waals surface area contributed by atoms with Gasteiger partial charge < -0.3 is 22.1 Å². The molecule has 212 valence electrons. The van der Waals surface area contributed by atoms with Crippen molar-refractivity contribution in [3.63, 3.8) is 0 Å². The molecule has 2 unspecified atom stereocenters. The molecule has 4 rings (SSSR count). The molecule has 0 fully saturated rings. The minimum Gasteiger partial charge on any atom is -0.365 e. The van der Waals surface area contributed by atoms with E-state index in [4.69, 9.17) is 11.5 Å². The number of primary amides is 2. The van der Waals surface area contributed by atoms with Crippen molar-refractivity contribution in [1.82, 2.24) is 0 Å². The molecule has 6 N–H and O–H groups in total. The Balaban J connectivity index is 1.24. The van der Waals surface area contributed by atoms with Crippen molar-refractivity contribution in [2.75, 3.05) is 22.1 Å². The molecule has 0 bridgehead atoms. The summed E-state index contributed by atoms with van der Waals surface area (Å²) < 4.78 is 0. The summed E-state index contributed by atoms with van der Waals surface area (Å²) in [7, 11) is 0. The maximum atomic E-state index is 12.6. The lowest BCUT2D eigenvalue weighted by Crippen LogP contribution is -2.20. The van der Waals surface area contributed by atoms with Gasteiger partial charge in [-0.3, -0.25) is 19.2 Å². The average molecular weight is 591 g/mol. The van der Waals surface area contributed by atoms with Gasteiger partial charge in [-0.15, -0.1) is 22.7 Å². The van der Waals surface area contributed by atoms with E-state index in [0.29, 0.717) is 44.5 Å². The number of rotatable bonds is 12. The molecule has 2 heterocycles. The summed E-state index contributed by atoms with van der Waals surface area (Å²) in [5, 5.41) is 6.94. The fraction of sp³-hybridized carbons (Fsp3) is 0.571. The quantitative estimate of drug-likeness (QED) is 0.253. The Hall–Kier alpha value is -2.37. The number of thiophene rings is 2. The highest BCUT2D eigenvalue weighted by atomic mass is 32.2. The maximum absolute atomic E-state index is 12.6. The molecule has 8 nitrogen and oxygen atoms in total. The first kappa shape index (κ1) is 29.6. The smallest absolute Gasteiger partial charge is 0.251 e. The Morgan fingerprint density at radius 2 is 1.18 bits per heavy atom. The number of hydrogen-bond donors (Lipinski definition) is 4. The molecule has 0 aliphatic heterocycles. The number of nitrogens with two attached hydrogens (primary N) is 2. The molecule has 0 aromatic carbocycles. The summed E-state index contributed by atoms with van der Waals surface area (Å²) in [5.41, 5.74) is 14.3. The predicted octanol–water partition coefficient (Wildman–Crippen LogP) is 5.13. The second kappa shape index (κ2) is 13.3. The number of amides is 4. The van der Waals surface area contributed by atoms with Crippen LogP contribution in [0.25, 0.3) is 0 Å². The average Bonchev–Trinajstić information content (AvgIpc) is 3.44. The molecule has 4 amide bonds. The van der Waals surface area contributed by atoms with E-state index < -0.39 is 11.8 Å². The number of carbonyl (C=O) groups is 4. The van der Waals surface area contributed by atoms with Crippen LogP contribution < -0.4 is 22.1 Å². The van der Waals surface area contributed by atoms with E-state index in [1.165, 1.54) is 34.4 Å². The Labute approximate surface area is 242 Å². The van der Waals surface area contributed by atoms with Crippen LogP contribution in [0.5, 0.6) is 0 Å². The molecule has 2 atom stereocenters. The van der Waals surface area contributed by atoms with Crippen molar-refractivity contribution >= 4 is 68.1 Å². The summed E-state index contributed by atoms with van der Waals surface area (Å²) in [6, 6.07) is 0. The van der Waals surface area contributed by atoms with Crippen LogP contribution in [-0.2, 0) is 35.3 Å². The normalized spacial score (nSPS) is 18.2. The van der Waals surface area contributed by atoms with Crippen LogP contribution in [0.1, 0.15) is 94.0 Å². The molecule has 0 radical (unpaired) electrons. The molecular weight excluding hydrogens is 553 g/mol. The highest BCUT2D eigenvalue weighted by molar-refractivity contribution is 7.99. The number of carbonyl (C=O) groups excluding carboxylic acids is 4. The summed E-state index contributed by atoms with van der Waals surface area (Å²) in [6.07, 6.45) is 8.32. The number of nitrogens with one attached hydrogen (secondary N) is 2. The Morgan fingerprint density at radius 1 is 0.769 bits per heavy atom. The minimum absolute atomic E-state index is 0.166. The van der Waals surface area contributed by atoms with E-state index in [1.807, 2.05) is 0 Å². The first-order chi connectivity index (χ1) is 18.7. The largest absolute Gasteiger partial charge is 0.365 e. The van der Waals surface area contributed by atoms with Gasteiger partial charge in [-0.05, 0) is 61.5 Å². The third-order valence-corrected chi connectivity index (χ3v) is 11.2. The van der Waals surface area contributed by atoms with Crippen LogP contribution in [0.2, 0.25) is 0 Å². The summed E-state index contributed by atoms with van der Waals surface area (Å²) in [4.78, 5) is 51.8. The Bertz CT molecular complexity index is 1160. The van der Waals surface area contributed by atoms with Crippen molar-refractivity contribution in [3.8, 4) is 0 Å². The van der Waals surface area contributed by atoms with Gasteiger partial charge in [0.15, 0.2) is 0 Å². The highest BCUT2D eigenvalue weighted by Crippen LogP contribution is 2.41. The molecule has 39 heavy (non-hydrogen) atoms. The van der Waals surface area contributed by atoms with Crippen LogP contribution >= 0.6 is 34.4 Å². The number of thioether (sulfide) groups is 1. The van der Waals surface area contributed by atoms with E-state index >= 15 is 0 Å². The lowest BCUT2D eigenvalue weighted by Gasteiger charge is -2.20. The van der Waals surface area contributed by atoms with Gasteiger partial charge in [0.2, 0.25) is 11.8 Å². The summed E-state index contributed by atoms with van der Waals surface area (Å²) in [5.74, 6) is 0.994. The molecular formula is C28H38N4O4S3. The van der Waals surface area contributed by atoms with Crippen LogP contribution in [0.15, 0.2) is 0 Å². The van der Waals surface area contributed by atoms with Gasteiger partial charge in [0.1, 0.15) is 10.0 Å². The predicted molar refractivity (Wildman–Crippen MR) is 161 cm³/mol. The molecule has 0 spiro atoms. The molecule has 11 heteroatoms. The lowest BCUT2D eigenvalue weighted by atomic mass is 9.85. The van der Waals surface area contributed by atoms with Gasteiger partial charge in [0.25, 0.3) is 11.8 Å². The number of hydrogen-bond acceptors (Lipinski definition) is 7. The van der Waals surface area contributed by atoms with Gasteiger partial charge in [-0.2, -0.15) is 11.8 Å². The van der Waals surface area contributed by atoms with E-state index in [9.17, 15) is 19.2 Å². The standard InChI is InChI=1S/C28H38N4O4S3/c1-3-15-5-7-17-19(13-15)38-27(23(17)25(29)35)31-21(33)9-11-37-12-10-22(34)32-28-24(26(30)36)18-8-6-16(4-2)14-20(18)39-28/h15-16H,3-14H2,1-2H3,(H2,29,35)(H2,30,36)(H,31,33)(H,32,34). The maximum Gasteiger partial charge on any atom is 0.251 e. The molecule has 2 aliphatic carbocycles. The fourth-order valence-electron chi connectivity index (χ4n) is 5.51. The van der Waals surface area contributed by atoms with Gasteiger partial charge in [-0.25, -0.2) is 0 Å². The van der Waals surface area contributed by atoms with E-state index in [1.54, 1.807) is 0 Å². The molecule has 0 saturated heterocycles. The zero-order valence-corrected chi connectivity index (χ0v) is 25.1. The summed E-state index contributed by atoms with van der Waals surface area (Å²) in [6.45, 7) is 4.35. The van der Waals surface area contributed by atoms with Gasteiger partial charge in [-0.1, -0.05) is 26.7 Å². The van der Waals surface area contributed by atoms with Crippen molar-refractivity contribution < 1.29 is 19.2 Å². The van der Waals surface area contributed by atoms with Gasteiger partial charge in [0, 0.05) is 34.1 Å². The summed E-state index contributed by atoms with van der Waals surface area (Å²) >= 11 is 4.47. The molecule has 2 aliphatic rings. The minimum atomic E-state index is -0.491. The zero-order valence-electron chi connectivity index (χ0n) is 22.7. The Morgan fingerprint density at radius 3 is 1.54 bits per heavy atom. The second-order valence-electron chi connectivity index (χ2n) is 10.4. The van der Waals surface area contributed by atoms with Crippen LogP contribution in [0.4, 0.5) is 10.0 Å². The third-order valence-electron chi connectivity index (χ3n) is 7.84. The number of fused-ring (bicyclic) bond motifs is 2. The van der Waals surface area contributed by atoms with E-state index in [0.717, 1.165) is 72.2 Å². The van der Waals surface area contributed by atoms with Gasteiger partial charge >= 0.3 is 0 Å². The molecule has 2 aromatic rings. The SMILES string of the molecule is CCC1CCc2c(sc(NC(=O)CCSCCC(=O)Nc3sc4c(c3C(N)=O)CCC(CC)C4)c2C(N)=O)C1. The van der Waals surface area contributed by atoms with Crippen molar-refractivity contribution in [2.24, 2.45) is 23.3 Å². The topological polar surface area (TPSA) is 144 Å². The third kappa shape index (κ3) is 7.05. The molecule has 2 aromatic heterocycles. The van der Waals surface area contributed by atoms with Gasteiger partial charge in [0.05, 0.1) is 11.1 Å². The van der Waals surface area contributed by atoms with Crippen LogP contribution in [0.3, 0.4) is 0 Å². The van der Waals surface area contributed by atoms with Crippen molar-refractivity contribution in [1.29, 1.82) is 0 Å². The van der Waals surface area contributed by atoms with E-state index in [-0.39, 0.29) is 24.7 Å². The second-order valence-corrected chi connectivity index (χ2v) is 13.8. The molecule has 0 saturated carbocycles. The first-order valence-corrected chi connectivity index (χ1v) is 16.6. The Kier molecular flexibility index (Phi) is 10.1. The fourth-order valence-corrected chi connectivity index (χ4v) is 9.14. The monoisotopic (exact) mass is 590 g/mol. The van der Waals surface area contributed by atoms with Crippen molar-refractivity contribution in [3.05, 3.63) is 32.0 Å².